The van der Waals surface area contributed by atoms with E-state index in [1.807, 2.05) is 47.0 Å². The van der Waals surface area contributed by atoms with Crippen LogP contribution in [0, 0.1) is 11.6 Å². The molecule has 0 saturated carbocycles. The van der Waals surface area contributed by atoms with Crippen molar-refractivity contribution in [3.8, 4) is 33.5 Å². The number of nitrogens with one attached hydrogen (secondary N) is 2. The number of amides is 2. The number of anilines is 1. The molecule has 1 fully saturated rings. The standard InChI is InChI=1S/C20H17FN6O.C18H19BFN3O2/c1-2-22-20(28)26-16-7-8-23-18(9-16)17-11-25-27-12-14(10-24-19(17)27)13-3-5-15(21)6-4-13;1-17(2)18(3,4)25-19(24-17)15-10-22-23-11-13(9-21-16(15)23)12-5-7-14(20)8-6-12/h3-12H,2H2,1H3,(H2,22,23,26,28);5-11H,1-4H3. The number of benzene rings is 2. The summed E-state index contributed by atoms with van der Waals surface area (Å²) in [7, 11) is -0.508. The molecule has 6 heterocycles. The molecule has 2 aromatic carbocycles. The zero-order chi connectivity index (χ0) is 37.3. The van der Waals surface area contributed by atoms with Gasteiger partial charge in [0.05, 0.1) is 34.9 Å². The Bertz CT molecular complexity index is 2400. The molecule has 0 spiro atoms. The van der Waals surface area contributed by atoms with Crippen LogP contribution < -0.4 is 16.1 Å². The van der Waals surface area contributed by atoms with Crippen LogP contribution in [0.3, 0.4) is 0 Å². The van der Waals surface area contributed by atoms with Crippen LogP contribution in [0.1, 0.15) is 34.6 Å². The second-order valence-electron chi connectivity index (χ2n) is 13.4. The number of fused-ring (bicyclic) bond motifs is 2. The number of aromatic nitrogens is 7. The molecular formula is C38H36BF2N9O3. The van der Waals surface area contributed by atoms with E-state index in [4.69, 9.17) is 9.31 Å². The summed E-state index contributed by atoms with van der Waals surface area (Å²) >= 11 is 0. The number of hydrogen-bond acceptors (Lipinski definition) is 8. The molecule has 8 rings (SSSR count). The van der Waals surface area contributed by atoms with Crippen molar-refractivity contribution in [1.82, 2.24) is 39.5 Å². The molecule has 268 valence electrons. The lowest BCUT2D eigenvalue weighted by atomic mass is 9.81. The van der Waals surface area contributed by atoms with Gasteiger partial charge in [0.15, 0.2) is 11.3 Å². The van der Waals surface area contributed by atoms with E-state index >= 15 is 0 Å². The number of halogens is 2. The molecule has 1 aliphatic rings. The molecule has 1 aliphatic heterocycles. The van der Waals surface area contributed by atoms with Crippen molar-refractivity contribution in [2.75, 3.05) is 11.9 Å². The van der Waals surface area contributed by atoms with Crippen molar-refractivity contribution in [2.45, 2.75) is 45.8 Å². The van der Waals surface area contributed by atoms with Gasteiger partial charge in [0.25, 0.3) is 0 Å². The lowest BCUT2D eigenvalue weighted by Gasteiger charge is -2.32. The van der Waals surface area contributed by atoms with Crippen molar-refractivity contribution in [1.29, 1.82) is 0 Å². The summed E-state index contributed by atoms with van der Waals surface area (Å²) in [6.07, 6.45) is 12.2. The predicted octanol–water partition coefficient (Wildman–Crippen LogP) is 6.57. The third-order valence-corrected chi connectivity index (χ3v) is 9.23. The summed E-state index contributed by atoms with van der Waals surface area (Å²) in [5, 5.41) is 14.2. The second-order valence-corrected chi connectivity index (χ2v) is 13.4. The van der Waals surface area contributed by atoms with Gasteiger partial charge in [0.1, 0.15) is 11.6 Å². The molecular weight excluding hydrogens is 679 g/mol. The van der Waals surface area contributed by atoms with Gasteiger partial charge in [0.2, 0.25) is 0 Å². The first-order valence-corrected chi connectivity index (χ1v) is 17.0. The topological polar surface area (TPSA) is 133 Å². The van der Waals surface area contributed by atoms with Crippen LogP contribution >= 0.6 is 0 Å². The lowest BCUT2D eigenvalue weighted by Crippen LogP contribution is -2.41. The molecule has 0 atom stereocenters. The first kappa shape index (κ1) is 35.4. The van der Waals surface area contributed by atoms with E-state index in [0.29, 0.717) is 29.2 Å². The van der Waals surface area contributed by atoms with Gasteiger partial charge in [-0.25, -0.2) is 32.6 Å². The fourth-order valence-electron chi connectivity index (χ4n) is 5.66. The Balaban J connectivity index is 0.000000165. The molecule has 15 heteroatoms. The molecule has 0 unspecified atom stereocenters. The summed E-state index contributed by atoms with van der Waals surface area (Å²) in [5.74, 6) is -0.550. The van der Waals surface area contributed by atoms with Crippen LogP contribution in [0.5, 0.6) is 0 Å². The molecule has 0 bridgehead atoms. The number of pyridine rings is 1. The van der Waals surface area contributed by atoms with Crippen molar-refractivity contribution in [3.05, 3.63) is 116 Å². The zero-order valence-corrected chi connectivity index (χ0v) is 29.7. The van der Waals surface area contributed by atoms with Crippen molar-refractivity contribution >= 4 is 35.6 Å². The van der Waals surface area contributed by atoms with E-state index in [0.717, 1.165) is 33.3 Å². The van der Waals surface area contributed by atoms with E-state index in [-0.39, 0.29) is 17.7 Å². The highest BCUT2D eigenvalue weighted by Crippen LogP contribution is 2.36. The summed E-state index contributed by atoms with van der Waals surface area (Å²) in [5.41, 5.74) is 6.69. The maximum atomic E-state index is 13.1. The van der Waals surface area contributed by atoms with Crippen LogP contribution in [-0.2, 0) is 9.31 Å². The number of carbonyl (C=O) groups is 1. The van der Waals surface area contributed by atoms with Gasteiger partial charge in [-0.3, -0.25) is 4.98 Å². The Hall–Kier alpha value is -6.06. The molecule has 7 aromatic rings. The molecule has 1 saturated heterocycles. The minimum atomic E-state index is -0.508. The van der Waals surface area contributed by atoms with Crippen LogP contribution in [0.25, 0.3) is 44.8 Å². The highest BCUT2D eigenvalue weighted by molar-refractivity contribution is 6.64. The van der Waals surface area contributed by atoms with E-state index < -0.39 is 18.3 Å². The van der Waals surface area contributed by atoms with Gasteiger partial charge in [-0.05, 0) is 82.1 Å². The van der Waals surface area contributed by atoms with Crippen LogP contribution in [0.4, 0.5) is 19.3 Å². The molecule has 12 nitrogen and oxygen atoms in total. The summed E-state index contributed by atoms with van der Waals surface area (Å²) in [6, 6.07) is 15.7. The number of hydrogen-bond donors (Lipinski definition) is 2. The van der Waals surface area contributed by atoms with E-state index in [1.165, 1.54) is 24.3 Å². The average Bonchev–Trinajstić information content (AvgIpc) is 3.82. The third kappa shape index (κ3) is 7.34. The molecule has 5 aromatic heterocycles. The lowest BCUT2D eigenvalue weighted by molar-refractivity contribution is 0.00578. The fourth-order valence-corrected chi connectivity index (χ4v) is 5.66. The van der Waals surface area contributed by atoms with Crippen LogP contribution in [-0.4, -0.2) is 65.1 Å². The molecule has 0 radical (unpaired) electrons. The molecule has 0 aliphatic carbocycles. The largest absolute Gasteiger partial charge is 0.500 e. The SMILES string of the molecule is CC1(C)OB(c2cnn3cc(-c4ccc(F)cc4)cnc23)OC1(C)C.CCNC(=O)Nc1ccnc(-c2cnn3cc(-c4ccc(F)cc4)cnc23)c1. The Morgan fingerprint density at radius 1 is 0.736 bits per heavy atom. The predicted molar refractivity (Wildman–Crippen MR) is 198 cm³/mol. The zero-order valence-electron chi connectivity index (χ0n) is 29.7. The average molecular weight is 716 g/mol. The van der Waals surface area contributed by atoms with Gasteiger partial charge >= 0.3 is 13.1 Å². The van der Waals surface area contributed by atoms with Gasteiger partial charge < -0.3 is 19.9 Å². The van der Waals surface area contributed by atoms with Crippen molar-refractivity contribution < 1.29 is 22.9 Å². The Labute approximate surface area is 304 Å². The van der Waals surface area contributed by atoms with Crippen molar-refractivity contribution in [3.63, 3.8) is 0 Å². The second kappa shape index (κ2) is 14.2. The number of rotatable bonds is 6. The maximum Gasteiger partial charge on any atom is 0.500 e. The number of nitrogens with zero attached hydrogens (tertiary/aromatic N) is 7. The Kier molecular flexibility index (Phi) is 9.45. The summed E-state index contributed by atoms with van der Waals surface area (Å²) < 4.78 is 41.7. The Morgan fingerprint density at radius 2 is 1.28 bits per heavy atom. The first-order chi connectivity index (χ1) is 25.4. The molecule has 2 amide bonds. The summed E-state index contributed by atoms with van der Waals surface area (Å²) in [6.45, 7) is 10.4. The molecule has 53 heavy (non-hydrogen) atoms. The van der Waals surface area contributed by atoms with Gasteiger partial charge in [-0.2, -0.15) is 10.2 Å². The minimum absolute atomic E-state index is 0.264. The van der Waals surface area contributed by atoms with Crippen LogP contribution in [0.2, 0.25) is 0 Å². The quantitative estimate of drug-likeness (QED) is 0.185. The highest BCUT2D eigenvalue weighted by atomic mass is 19.1. The maximum absolute atomic E-state index is 13.1. The van der Waals surface area contributed by atoms with Crippen molar-refractivity contribution in [2.24, 2.45) is 0 Å². The third-order valence-electron chi connectivity index (χ3n) is 9.23. The summed E-state index contributed by atoms with van der Waals surface area (Å²) in [4.78, 5) is 25.1. The van der Waals surface area contributed by atoms with Gasteiger partial charge in [0, 0.05) is 59.8 Å². The van der Waals surface area contributed by atoms with Crippen LogP contribution in [0.15, 0.2) is 104 Å². The number of urea groups is 1. The normalized spacial score (nSPS) is 14.6. The Morgan fingerprint density at radius 3 is 1.87 bits per heavy atom. The number of carbonyl (C=O) groups excluding carboxylic acids is 1. The van der Waals surface area contributed by atoms with Gasteiger partial charge in [-0.15, -0.1) is 0 Å². The minimum Gasteiger partial charge on any atom is -0.399 e. The smallest absolute Gasteiger partial charge is 0.399 e. The molecule has 2 N–H and O–H groups in total. The monoisotopic (exact) mass is 715 g/mol. The fraction of sp³-hybridized carbons (Fsp3) is 0.211. The van der Waals surface area contributed by atoms with E-state index in [9.17, 15) is 13.6 Å². The van der Waals surface area contributed by atoms with E-state index in [1.54, 1.807) is 76.4 Å². The highest BCUT2D eigenvalue weighted by Gasteiger charge is 2.52. The van der Waals surface area contributed by atoms with Gasteiger partial charge in [-0.1, -0.05) is 24.3 Å². The first-order valence-electron chi connectivity index (χ1n) is 17.0. The van der Waals surface area contributed by atoms with E-state index in [2.05, 4.69) is 35.8 Å².